The van der Waals surface area contributed by atoms with Gasteiger partial charge in [-0.15, -0.1) is 0 Å². The third-order valence-electron chi connectivity index (χ3n) is 3.21. The summed E-state index contributed by atoms with van der Waals surface area (Å²) in [6.07, 6.45) is 4.15. The van der Waals surface area contributed by atoms with E-state index in [2.05, 4.69) is 15.3 Å². The summed E-state index contributed by atoms with van der Waals surface area (Å²) in [5.41, 5.74) is 1.86. The van der Waals surface area contributed by atoms with Gasteiger partial charge in [0, 0.05) is 10.6 Å². The van der Waals surface area contributed by atoms with E-state index in [-0.39, 0.29) is 0 Å². The standard InChI is InChI=1S/C13H13Cl2N3/c14-8-3-4-9(10(15)6-8)12-7-17-13(18-12)11-2-1-5-16-11/h3-4,6-7,11,16H,1-2,5H2,(H,17,18). The van der Waals surface area contributed by atoms with Crippen LogP contribution in [0.15, 0.2) is 24.4 Å². The van der Waals surface area contributed by atoms with Crippen molar-refractivity contribution >= 4 is 23.2 Å². The molecule has 1 aromatic carbocycles. The van der Waals surface area contributed by atoms with Crippen LogP contribution in [0.3, 0.4) is 0 Å². The number of hydrogen-bond acceptors (Lipinski definition) is 2. The Bertz CT molecular complexity index is 559. The molecule has 1 atom stereocenters. The van der Waals surface area contributed by atoms with Crippen LogP contribution in [0.1, 0.15) is 24.7 Å². The van der Waals surface area contributed by atoms with E-state index in [0.29, 0.717) is 16.1 Å². The highest BCUT2D eigenvalue weighted by Crippen LogP contribution is 2.30. The Labute approximate surface area is 116 Å². The van der Waals surface area contributed by atoms with Crippen LogP contribution < -0.4 is 5.32 Å². The van der Waals surface area contributed by atoms with E-state index < -0.39 is 0 Å². The van der Waals surface area contributed by atoms with E-state index in [9.17, 15) is 0 Å². The Morgan fingerprint density at radius 1 is 1.28 bits per heavy atom. The van der Waals surface area contributed by atoms with Gasteiger partial charge in [-0.1, -0.05) is 23.2 Å². The molecular weight excluding hydrogens is 269 g/mol. The first kappa shape index (κ1) is 12.0. The van der Waals surface area contributed by atoms with Gasteiger partial charge < -0.3 is 10.3 Å². The van der Waals surface area contributed by atoms with Crippen LogP contribution in [0, 0.1) is 0 Å². The van der Waals surface area contributed by atoms with E-state index in [1.54, 1.807) is 6.07 Å². The quantitative estimate of drug-likeness (QED) is 0.879. The summed E-state index contributed by atoms with van der Waals surface area (Å²) >= 11 is 12.1. The van der Waals surface area contributed by atoms with E-state index in [1.165, 1.54) is 6.42 Å². The van der Waals surface area contributed by atoms with Crippen molar-refractivity contribution in [1.29, 1.82) is 0 Å². The normalized spacial score (nSPS) is 19.3. The fraction of sp³-hybridized carbons (Fsp3) is 0.308. The van der Waals surface area contributed by atoms with Crippen LogP contribution in [-0.4, -0.2) is 16.5 Å². The number of halogens is 2. The lowest BCUT2D eigenvalue weighted by Gasteiger charge is -2.06. The van der Waals surface area contributed by atoms with Crippen molar-refractivity contribution in [2.24, 2.45) is 0 Å². The molecule has 5 heteroatoms. The minimum atomic E-state index is 0.338. The van der Waals surface area contributed by atoms with E-state index >= 15 is 0 Å². The molecule has 0 amide bonds. The molecule has 2 N–H and O–H groups in total. The smallest absolute Gasteiger partial charge is 0.123 e. The van der Waals surface area contributed by atoms with Gasteiger partial charge in [0.2, 0.25) is 0 Å². The summed E-state index contributed by atoms with van der Waals surface area (Å²) in [6.45, 7) is 1.06. The molecule has 18 heavy (non-hydrogen) atoms. The van der Waals surface area contributed by atoms with Gasteiger partial charge in [-0.3, -0.25) is 0 Å². The van der Waals surface area contributed by atoms with Crippen molar-refractivity contribution < 1.29 is 0 Å². The van der Waals surface area contributed by atoms with E-state index in [0.717, 1.165) is 30.0 Å². The molecule has 0 spiro atoms. The largest absolute Gasteiger partial charge is 0.341 e. The molecule has 2 aromatic rings. The maximum absolute atomic E-state index is 6.19. The predicted molar refractivity (Wildman–Crippen MR) is 74.0 cm³/mol. The van der Waals surface area contributed by atoms with Crippen molar-refractivity contribution in [2.45, 2.75) is 18.9 Å². The average molecular weight is 282 g/mol. The Kier molecular flexibility index (Phi) is 3.29. The summed E-state index contributed by atoms with van der Waals surface area (Å²) in [4.78, 5) is 7.76. The fourth-order valence-corrected chi connectivity index (χ4v) is 2.79. The number of benzene rings is 1. The van der Waals surface area contributed by atoms with Gasteiger partial charge in [0.25, 0.3) is 0 Å². The number of nitrogens with one attached hydrogen (secondary N) is 2. The molecular formula is C13H13Cl2N3. The first-order valence-corrected chi connectivity index (χ1v) is 6.73. The molecule has 0 aliphatic carbocycles. The lowest BCUT2D eigenvalue weighted by Crippen LogP contribution is -2.14. The van der Waals surface area contributed by atoms with E-state index in [4.69, 9.17) is 23.2 Å². The molecule has 0 radical (unpaired) electrons. The maximum atomic E-state index is 6.19. The number of H-pyrrole nitrogens is 1. The summed E-state index contributed by atoms with van der Waals surface area (Å²) in [6, 6.07) is 5.82. The van der Waals surface area contributed by atoms with Crippen LogP contribution in [-0.2, 0) is 0 Å². The molecule has 2 heterocycles. The molecule has 1 fully saturated rings. The monoisotopic (exact) mass is 281 g/mol. The van der Waals surface area contributed by atoms with Crippen LogP contribution in [0.25, 0.3) is 11.3 Å². The molecule has 94 valence electrons. The summed E-state index contributed by atoms with van der Waals surface area (Å²) < 4.78 is 0. The van der Waals surface area contributed by atoms with Crippen LogP contribution in [0.4, 0.5) is 0 Å². The van der Waals surface area contributed by atoms with Gasteiger partial charge >= 0.3 is 0 Å². The second-order valence-corrected chi connectivity index (χ2v) is 5.30. The minimum absolute atomic E-state index is 0.338. The lowest BCUT2D eigenvalue weighted by atomic mass is 10.2. The topological polar surface area (TPSA) is 40.7 Å². The fourth-order valence-electron chi connectivity index (χ4n) is 2.28. The number of hydrogen-bond donors (Lipinski definition) is 2. The second kappa shape index (κ2) is 4.92. The SMILES string of the molecule is Clc1ccc(-c2cnc(C3CCCN3)[nH]2)c(Cl)c1. The Hall–Kier alpha value is -1.03. The summed E-state index contributed by atoms with van der Waals surface area (Å²) in [5.74, 6) is 0.980. The van der Waals surface area contributed by atoms with Crippen molar-refractivity contribution in [2.75, 3.05) is 6.54 Å². The lowest BCUT2D eigenvalue weighted by molar-refractivity contribution is 0.613. The van der Waals surface area contributed by atoms with Gasteiger partial charge in [0.1, 0.15) is 5.82 Å². The average Bonchev–Trinajstić information content (AvgIpc) is 2.99. The predicted octanol–water partition coefficient (Wildman–Crippen LogP) is 3.81. The molecule has 3 nitrogen and oxygen atoms in total. The van der Waals surface area contributed by atoms with Gasteiger partial charge in [-0.25, -0.2) is 4.98 Å². The van der Waals surface area contributed by atoms with Crippen molar-refractivity contribution in [3.8, 4) is 11.3 Å². The summed E-state index contributed by atoms with van der Waals surface area (Å²) in [5, 5.41) is 4.69. The van der Waals surface area contributed by atoms with Gasteiger partial charge in [-0.05, 0) is 37.6 Å². The van der Waals surface area contributed by atoms with Crippen molar-refractivity contribution in [1.82, 2.24) is 15.3 Å². The second-order valence-electron chi connectivity index (χ2n) is 4.46. The molecule has 1 unspecified atom stereocenters. The van der Waals surface area contributed by atoms with Gasteiger partial charge in [0.05, 0.1) is 23.0 Å². The van der Waals surface area contributed by atoms with Crippen molar-refractivity contribution in [3.63, 3.8) is 0 Å². The van der Waals surface area contributed by atoms with Crippen LogP contribution >= 0.6 is 23.2 Å². The van der Waals surface area contributed by atoms with Crippen LogP contribution in [0.2, 0.25) is 10.0 Å². The van der Waals surface area contributed by atoms with E-state index in [1.807, 2.05) is 18.3 Å². The number of aromatic nitrogens is 2. The zero-order chi connectivity index (χ0) is 12.5. The number of rotatable bonds is 2. The zero-order valence-electron chi connectivity index (χ0n) is 9.71. The summed E-state index contributed by atoms with van der Waals surface area (Å²) in [7, 11) is 0. The number of imidazole rings is 1. The van der Waals surface area contributed by atoms with Gasteiger partial charge in [0.15, 0.2) is 0 Å². The molecule has 1 aliphatic heterocycles. The highest BCUT2D eigenvalue weighted by Gasteiger charge is 2.19. The molecule has 1 aliphatic rings. The highest BCUT2D eigenvalue weighted by atomic mass is 35.5. The van der Waals surface area contributed by atoms with Gasteiger partial charge in [-0.2, -0.15) is 0 Å². The Morgan fingerprint density at radius 3 is 2.89 bits per heavy atom. The molecule has 1 aromatic heterocycles. The molecule has 3 rings (SSSR count). The van der Waals surface area contributed by atoms with Crippen molar-refractivity contribution in [3.05, 3.63) is 40.3 Å². The third-order valence-corrected chi connectivity index (χ3v) is 3.75. The Balaban J connectivity index is 1.92. The first-order valence-electron chi connectivity index (χ1n) is 5.98. The zero-order valence-corrected chi connectivity index (χ0v) is 11.2. The minimum Gasteiger partial charge on any atom is -0.341 e. The number of aromatic amines is 1. The van der Waals surface area contributed by atoms with Crippen LogP contribution in [0.5, 0.6) is 0 Å². The molecule has 1 saturated heterocycles. The third kappa shape index (κ3) is 2.26. The number of nitrogens with zero attached hydrogens (tertiary/aromatic N) is 1. The molecule has 0 bridgehead atoms. The highest BCUT2D eigenvalue weighted by molar-refractivity contribution is 6.36. The maximum Gasteiger partial charge on any atom is 0.123 e. The Morgan fingerprint density at radius 2 is 2.17 bits per heavy atom. The first-order chi connectivity index (χ1) is 8.74. The molecule has 0 saturated carbocycles.